The number of carbonyl (C=O) groups excluding carboxylic acids is 1. The molecule has 0 fully saturated rings. The Labute approximate surface area is 90.2 Å². The molecule has 0 saturated heterocycles. The van der Waals surface area contributed by atoms with E-state index in [1.807, 2.05) is 18.2 Å². The maximum Gasteiger partial charge on any atom is 0.270 e. The first-order valence-corrected chi connectivity index (χ1v) is 4.41. The fourth-order valence-corrected chi connectivity index (χ4v) is 1.18. The van der Waals surface area contributed by atoms with Crippen LogP contribution in [0, 0.1) is 0 Å². The summed E-state index contributed by atoms with van der Waals surface area (Å²) in [5.41, 5.74) is 8.85. The molecular weight excluding hydrogens is 208 g/mol. The zero-order valence-corrected chi connectivity index (χ0v) is 8.07. The SMILES string of the molecule is [N-]=[N+]=NC(=O)c1coc(-c2ccccc2)n1. The van der Waals surface area contributed by atoms with Crippen molar-refractivity contribution in [3.63, 3.8) is 0 Å². The number of nitrogens with zero attached hydrogens (tertiary/aromatic N) is 4. The van der Waals surface area contributed by atoms with Crippen LogP contribution in [0.5, 0.6) is 0 Å². The normalized spacial score (nSPS) is 9.50. The molecule has 2 aromatic rings. The van der Waals surface area contributed by atoms with Crippen molar-refractivity contribution in [2.75, 3.05) is 0 Å². The van der Waals surface area contributed by atoms with E-state index in [0.717, 1.165) is 5.56 Å². The third-order valence-corrected chi connectivity index (χ3v) is 1.88. The van der Waals surface area contributed by atoms with Gasteiger partial charge in [0, 0.05) is 10.5 Å². The second kappa shape index (κ2) is 4.29. The van der Waals surface area contributed by atoms with Crippen LogP contribution < -0.4 is 0 Å². The Bertz CT molecular complexity index is 555. The van der Waals surface area contributed by atoms with Gasteiger partial charge in [0.15, 0.2) is 5.69 Å². The minimum Gasteiger partial charge on any atom is -0.444 e. The van der Waals surface area contributed by atoms with E-state index in [-0.39, 0.29) is 5.69 Å². The zero-order chi connectivity index (χ0) is 11.4. The molecular formula is C10H6N4O2. The number of hydrogen-bond acceptors (Lipinski definition) is 3. The molecule has 1 amide bonds. The average molecular weight is 214 g/mol. The Morgan fingerprint density at radius 2 is 2.12 bits per heavy atom. The van der Waals surface area contributed by atoms with Gasteiger partial charge in [-0.25, -0.2) is 4.98 Å². The molecule has 0 saturated carbocycles. The van der Waals surface area contributed by atoms with Crippen molar-refractivity contribution in [1.29, 1.82) is 0 Å². The van der Waals surface area contributed by atoms with Crippen molar-refractivity contribution in [3.05, 3.63) is 52.7 Å². The van der Waals surface area contributed by atoms with Crippen molar-refractivity contribution in [1.82, 2.24) is 4.98 Å². The van der Waals surface area contributed by atoms with Crippen molar-refractivity contribution in [2.45, 2.75) is 0 Å². The number of benzene rings is 1. The number of amides is 1. The average Bonchev–Trinajstić information content (AvgIpc) is 2.80. The summed E-state index contributed by atoms with van der Waals surface area (Å²) in [4.78, 5) is 17.5. The quantitative estimate of drug-likeness (QED) is 0.437. The maximum atomic E-state index is 11.1. The largest absolute Gasteiger partial charge is 0.444 e. The van der Waals surface area contributed by atoms with Gasteiger partial charge in [0.2, 0.25) is 5.89 Å². The highest BCUT2D eigenvalue weighted by Gasteiger charge is 2.11. The summed E-state index contributed by atoms with van der Waals surface area (Å²) in [5, 5.41) is 2.92. The minimum atomic E-state index is -0.756. The lowest BCUT2D eigenvalue weighted by Crippen LogP contribution is -1.92. The van der Waals surface area contributed by atoms with Gasteiger partial charge >= 0.3 is 0 Å². The monoisotopic (exact) mass is 214 g/mol. The van der Waals surface area contributed by atoms with Crippen LogP contribution in [-0.4, -0.2) is 10.9 Å². The molecule has 0 aliphatic rings. The lowest BCUT2D eigenvalue weighted by molar-refractivity contribution is 0.0995. The van der Waals surface area contributed by atoms with Gasteiger partial charge < -0.3 is 4.42 Å². The molecule has 0 atom stereocenters. The molecule has 0 spiro atoms. The maximum absolute atomic E-state index is 11.1. The summed E-state index contributed by atoms with van der Waals surface area (Å²) >= 11 is 0. The molecule has 16 heavy (non-hydrogen) atoms. The molecule has 1 heterocycles. The Balaban J connectivity index is 2.33. The first-order chi connectivity index (χ1) is 7.81. The molecule has 0 N–H and O–H groups in total. The summed E-state index contributed by atoms with van der Waals surface area (Å²) in [6, 6.07) is 9.11. The fourth-order valence-electron chi connectivity index (χ4n) is 1.18. The van der Waals surface area contributed by atoms with Gasteiger partial charge in [-0.05, 0) is 22.8 Å². The topological polar surface area (TPSA) is 91.9 Å². The van der Waals surface area contributed by atoms with Crippen LogP contribution >= 0.6 is 0 Å². The Kier molecular flexibility index (Phi) is 2.67. The number of azide groups is 1. The summed E-state index contributed by atoms with van der Waals surface area (Å²) < 4.78 is 5.10. The van der Waals surface area contributed by atoms with E-state index in [0.29, 0.717) is 5.89 Å². The lowest BCUT2D eigenvalue weighted by Gasteiger charge is -1.91. The van der Waals surface area contributed by atoms with Gasteiger partial charge in [-0.2, -0.15) is 0 Å². The third-order valence-electron chi connectivity index (χ3n) is 1.88. The van der Waals surface area contributed by atoms with E-state index in [1.54, 1.807) is 12.1 Å². The highest BCUT2D eigenvalue weighted by atomic mass is 16.3. The molecule has 0 aliphatic heterocycles. The van der Waals surface area contributed by atoms with Crippen LogP contribution in [-0.2, 0) is 0 Å². The van der Waals surface area contributed by atoms with Gasteiger partial charge in [0.1, 0.15) is 6.26 Å². The Morgan fingerprint density at radius 1 is 1.38 bits per heavy atom. The van der Waals surface area contributed by atoms with Gasteiger partial charge in [0.05, 0.1) is 0 Å². The van der Waals surface area contributed by atoms with E-state index in [2.05, 4.69) is 15.0 Å². The smallest absolute Gasteiger partial charge is 0.270 e. The predicted molar refractivity (Wildman–Crippen MR) is 55.4 cm³/mol. The van der Waals surface area contributed by atoms with E-state index in [9.17, 15) is 4.79 Å². The van der Waals surface area contributed by atoms with Crippen LogP contribution in [0.15, 0.2) is 46.1 Å². The summed E-state index contributed by atoms with van der Waals surface area (Å²) in [7, 11) is 0. The fraction of sp³-hybridized carbons (Fsp3) is 0. The second-order valence-electron chi connectivity index (χ2n) is 2.90. The molecule has 1 aromatic heterocycles. The summed E-state index contributed by atoms with van der Waals surface area (Å²) in [6.07, 6.45) is 1.17. The third kappa shape index (κ3) is 1.92. The molecule has 0 bridgehead atoms. The summed E-state index contributed by atoms with van der Waals surface area (Å²) in [6.45, 7) is 0. The van der Waals surface area contributed by atoms with Crippen molar-refractivity contribution in [3.8, 4) is 11.5 Å². The highest BCUT2D eigenvalue weighted by molar-refractivity contribution is 5.93. The Morgan fingerprint density at radius 3 is 2.81 bits per heavy atom. The van der Waals surface area contributed by atoms with Crippen LogP contribution in [0.2, 0.25) is 0 Å². The second-order valence-corrected chi connectivity index (χ2v) is 2.90. The van der Waals surface area contributed by atoms with E-state index >= 15 is 0 Å². The molecule has 6 nitrogen and oxygen atoms in total. The number of rotatable bonds is 2. The lowest BCUT2D eigenvalue weighted by atomic mass is 10.2. The molecule has 78 valence electrons. The number of oxazole rings is 1. The first-order valence-electron chi connectivity index (χ1n) is 4.41. The van der Waals surface area contributed by atoms with Crippen LogP contribution in [0.25, 0.3) is 21.9 Å². The van der Waals surface area contributed by atoms with Crippen molar-refractivity contribution >= 4 is 5.91 Å². The molecule has 0 unspecified atom stereocenters. The van der Waals surface area contributed by atoms with E-state index < -0.39 is 5.91 Å². The number of carbonyl (C=O) groups is 1. The zero-order valence-electron chi connectivity index (χ0n) is 8.07. The summed E-state index contributed by atoms with van der Waals surface area (Å²) in [5.74, 6) is -0.439. The van der Waals surface area contributed by atoms with Crippen molar-refractivity contribution in [2.24, 2.45) is 5.11 Å². The van der Waals surface area contributed by atoms with Crippen LogP contribution in [0.3, 0.4) is 0 Å². The Hall–Kier alpha value is -2.59. The molecule has 1 aromatic carbocycles. The molecule has 2 rings (SSSR count). The number of aromatic nitrogens is 1. The van der Waals surface area contributed by atoms with Gasteiger partial charge in [0.25, 0.3) is 5.91 Å². The minimum absolute atomic E-state index is 0.00310. The van der Waals surface area contributed by atoms with Crippen molar-refractivity contribution < 1.29 is 9.21 Å². The van der Waals surface area contributed by atoms with Gasteiger partial charge in [-0.3, -0.25) is 4.79 Å². The van der Waals surface area contributed by atoms with E-state index in [4.69, 9.17) is 9.95 Å². The first kappa shape index (κ1) is 9.95. The highest BCUT2D eigenvalue weighted by Crippen LogP contribution is 2.18. The predicted octanol–water partition coefficient (Wildman–Crippen LogP) is 2.79. The standard InChI is InChI=1S/C10H6N4O2/c11-14-13-9(15)8-6-16-10(12-8)7-4-2-1-3-5-7/h1-6H. The van der Waals surface area contributed by atoms with Crippen LogP contribution in [0.4, 0.5) is 0 Å². The van der Waals surface area contributed by atoms with E-state index in [1.165, 1.54) is 6.26 Å². The van der Waals surface area contributed by atoms with Crippen LogP contribution in [0.1, 0.15) is 10.5 Å². The molecule has 6 heteroatoms. The molecule has 0 aliphatic carbocycles. The number of hydrogen-bond donors (Lipinski definition) is 0. The van der Waals surface area contributed by atoms with Gasteiger partial charge in [-0.1, -0.05) is 18.2 Å². The molecule has 0 radical (unpaired) electrons. The van der Waals surface area contributed by atoms with Gasteiger partial charge in [-0.15, -0.1) is 0 Å².